The Morgan fingerprint density at radius 1 is 1.08 bits per heavy atom. The van der Waals surface area contributed by atoms with Gasteiger partial charge in [-0.05, 0) is 48.5 Å². The van der Waals surface area contributed by atoms with E-state index in [2.05, 4.69) is 24.1 Å². The van der Waals surface area contributed by atoms with E-state index in [1.807, 2.05) is 21.9 Å². The lowest BCUT2D eigenvalue weighted by atomic mass is 10.1. The van der Waals surface area contributed by atoms with Crippen LogP contribution in [0.25, 0.3) is 0 Å². The van der Waals surface area contributed by atoms with Crippen LogP contribution in [-0.2, 0) is 4.74 Å². The minimum atomic E-state index is -0.334. The summed E-state index contributed by atoms with van der Waals surface area (Å²) in [6.45, 7) is 9.68. The number of carbonyl (C=O) groups is 1. The molecule has 2 fully saturated rings. The number of amides is 1. The van der Waals surface area contributed by atoms with E-state index in [4.69, 9.17) is 21.7 Å². The van der Waals surface area contributed by atoms with Crippen LogP contribution in [0.1, 0.15) is 24.2 Å². The molecule has 4 rings (SSSR count). The lowest BCUT2D eigenvalue weighted by Crippen LogP contribution is -2.52. The SMILES string of the molecule is CC(C)COc1cccc(C(=O)NC(=S)N2CCN(c3ccc([N+](=O)[O-])c(N4CCOCC4)c3)CC2)c1. The molecule has 1 amide bonds. The number of morpholine rings is 1. The summed E-state index contributed by atoms with van der Waals surface area (Å²) in [5.41, 5.74) is 2.14. The monoisotopic (exact) mass is 527 g/mol. The molecule has 0 aliphatic carbocycles. The van der Waals surface area contributed by atoms with Gasteiger partial charge in [0.25, 0.3) is 11.6 Å². The number of nitro groups is 1. The molecule has 1 N–H and O–H groups in total. The van der Waals surface area contributed by atoms with Crippen molar-refractivity contribution in [2.24, 2.45) is 5.92 Å². The third-order valence-electron chi connectivity index (χ3n) is 6.34. The molecular formula is C26H33N5O5S. The van der Waals surface area contributed by atoms with Crippen LogP contribution in [-0.4, -0.2) is 79.9 Å². The maximum atomic E-state index is 12.8. The fourth-order valence-electron chi connectivity index (χ4n) is 4.33. The second kappa shape index (κ2) is 12.2. The van der Waals surface area contributed by atoms with Gasteiger partial charge in [0, 0.05) is 56.6 Å². The van der Waals surface area contributed by atoms with Gasteiger partial charge in [0.2, 0.25) is 0 Å². The van der Waals surface area contributed by atoms with Crippen LogP contribution in [0.15, 0.2) is 42.5 Å². The number of thiocarbonyl (C=S) groups is 1. The zero-order chi connectivity index (χ0) is 26.4. The predicted octanol–water partition coefficient (Wildman–Crippen LogP) is 3.30. The van der Waals surface area contributed by atoms with Gasteiger partial charge >= 0.3 is 0 Å². The van der Waals surface area contributed by atoms with Crippen LogP contribution in [0.3, 0.4) is 0 Å². The van der Waals surface area contributed by atoms with Gasteiger partial charge in [-0.3, -0.25) is 20.2 Å². The van der Waals surface area contributed by atoms with Gasteiger partial charge in [0.05, 0.1) is 24.7 Å². The molecule has 0 unspecified atom stereocenters. The van der Waals surface area contributed by atoms with Crippen molar-refractivity contribution in [3.8, 4) is 5.75 Å². The van der Waals surface area contributed by atoms with Crippen molar-refractivity contribution in [3.63, 3.8) is 0 Å². The number of ether oxygens (including phenoxy) is 2. The van der Waals surface area contributed by atoms with Crippen molar-refractivity contribution in [1.29, 1.82) is 0 Å². The van der Waals surface area contributed by atoms with E-state index in [-0.39, 0.29) is 16.5 Å². The fourth-order valence-corrected chi connectivity index (χ4v) is 4.60. The molecule has 2 heterocycles. The van der Waals surface area contributed by atoms with Gasteiger partial charge in [-0.2, -0.15) is 0 Å². The second-order valence-corrected chi connectivity index (χ2v) is 9.88. The molecule has 0 spiro atoms. The van der Waals surface area contributed by atoms with Crippen molar-refractivity contribution in [3.05, 3.63) is 58.1 Å². The highest BCUT2D eigenvalue weighted by molar-refractivity contribution is 7.80. The predicted molar refractivity (Wildman–Crippen MR) is 147 cm³/mol. The molecule has 2 aliphatic heterocycles. The summed E-state index contributed by atoms with van der Waals surface area (Å²) in [5, 5.41) is 14.8. The summed E-state index contributed by atoms with van der Waals surface area (Å²) in [6.07, 6.45) is 0. The van der Waals surface area contributed by atoms with Crippen molar-refractivity contribution < 1.29 is 19.2 Å². The number of hydrogen-bond donors (Lipinski definition) is 1. The van der Waals surface area contributed by atoms with Crippen LogP contribution in [0, 0.1) is 16.0 Å². The molecule has 2 aromatic carbocycles. The van der Waals surface area contributed by atoms with Crippen LogP contribution in [0.2, 0.25) is 0 Å². The first-order chi connectivity index (χ1) is 17.8. The Morgan fingerprint density at radius 3 is 2.49 bits per heavy atom. The maximum absolute atomic E-state index is 12.8. The summed E-state index contributed by atoms with van der Waals surface area (Å²) in [5.74, 6) is 0.772. The van der Waals surface area contributed by atoms with Crippen LogP contribution >= 0.6 is 12.2 Å². The Kier molecular flexibility index (Phi) is 8.78. The third-order valence-corrected chi connectivity index (χ3v) is 6.70. The number of carbonyl (C=O) groups excluding carboxylic acids is 1. The zero-order valence-corrected chi connectivity index (χ0v) is 22.0. The summed E-state index contributed by atoms with van der Waals surface area (Å²) in [4.78, 5) is 30.2. The number of hydrogen-bond acceptors (Lipinski definition) is 8. The largest absolute Gasteiger partial charge is 0.493 e. The van der Waals surface area contributed by atoms with Gasteiger partial charge in [-0.15, -0.1) is 0 Å². The molecule has 0 aromatic heterocycles. The molecule has 0 atom stereocenters. The average Bonchev–Trinajstić information content (AvgIpc) is 2.92. The number of nitrogens with zero attached hydrogens (tertiary/aromatic N) is 4. The first-order valence-corrected chi connectivity index (χ1v) is 12.9. The average molecular weight is 528 g/mol. The minimum Gasteiger partial charge on any atom is -0.493 e. The topological polar surface area (TPSA) is 100 Å². The number of anilines is 2. The van der Waals surface area contributed by atoms with Crippen molar-refractivity contribution in [2.45, 2.75) is 13.8 Å². The Hall–Kier alpha value is -3.44. The maximum Gasteiger partial charge on any atom is 0.292 e. The van der Waals surface area contributed by atoms with Crippen LogP contribution in [0.5, 0.6) is 5.75 Å². The Balaban J connectivity index is 1.35. The van der Waals surface area contributed by atoms with Gasteiger partial charge in [-0.25, -0.2) is 0 Å². The Morgan fingerprint density at radius 2 is 1.81 bits per heavy atom. The fraction of sp³-hybridized carbons (Fsp3) is 0.462. The number of rotatable bonds is 7. The van der Waals surface area contributed by atoms with E-state index < -0.39 is 0 Å². The molecule has 0 bridgehead atoms. The van der Waals surface area contributed by atoms with E-state index >= 15 is 0 Å². The highest BCUT2D eigenvalue weighted by Gasteiger charge is 2.25. The van der Waals surface area contributed by atoms with Crippen molar-refractivity contribution in [2.75, 3.05) is 68.9 Å². The second-order valence-electron chi connectivity index (χ2n) is 9.50. The van der Waals surface area contributed by atoms with Crippen LogP contribution in [0.4, 0.5) is 17.1 Å². The van der Waals surface area contributed by atoms with Crippen molar-refractivity contribution >= 4 is 40.3 Å². The van der Waals surface area contributed by atoms with E-state index in [9.17, 15) is 14.9 Å². The quantitative estimate of drug-likeness (QED) is 0.330. The van der Waals surface area contributed by atoms with E-state index in [0.717, 1.165) is 5.69 Å². The molecule has 0 radical (unpaired) electrons. The molecule has 0 saturated carbocycles. The number of piperazine rings is 1. The first-order valence-electron chi connectivity index (χ1n) is 12.5. The number of nitrogens with one attached hydrogen (secondary N) is 1. The lowest BCUT2D eigenvalue weighted by Gasteiger charge is -2.37. The molecular weight excluding hydrogens is 494 g/mol. The van der Waals surface area contributed by atoms with Crippen LogP contribution < -0.4 is 19.9 Å². The first kappa shape index (κ1) is 26.6. The van der Waals surface area contributed by atoms with E-state index in [0.29, 0.717) is 87.1 Å². The highest BCUT2D eigenvalue weighted by atomic mass is 32.1. The van der Waals surface area contributed by atoms with E-state index in [1.165, 1.54) is 0 Å². The normalized spacial score (nSPS) is 16.0. The minimum absolute atomic E-state index is 0.104. The van der Waals surface area contributed by atoms with E-state index in [1.54, 1.807) is 30.3 Å². The molecule has 11 heteroatoms. The summed E-state index contributed by atoms with van der Waals surface area (Å²) in [7, 11) is 0. The van der Waals surface area contributed by atoms with Crippen molar-refractivity contribution in [1.82, 2.24) is 10.2 Å². The van der Waals surface area contributed by atoms with Gasteiger partial charge in [0.15, 0.2) is 5.11 Å². The molecule has 37 heavy (non-hydrogen) atoms. The molecule has 10 nitrogen and oxygen atoms in total. The number of benzene rings is 2. The Bertz CT molecular complexity index is 1130. The van der Waals surface area contributed by atoms with Gasteiger partial charge in [0.1, 0.15) is 11.4 Å². The summed E-state index contributed by atoms with van der Waals surface area (Å²) < 4.78 is 11.1. The zero-order valence-electron chi connectivity index (χ0n) is 21.2. The lowest BCUT2D eigenvalue weighted by molar-refractivity contribution is -0.384. The smallest absolute Gasteiger partial charge is 0.292 e. The summed E-state index contributed by atoms with van der Waals surface area (Å²) >= 11 is 5.53. The number of nitro benzene ring substituents is 1. The molecule has 2 aromatic rings. The third kappa shape index (κ3) is 6.86. The standard InChI is InChI=1S/C26H33N5O5S/c1-19(2)18-36-22-5-3-4-20(16-22)25(32)27-26(37)30-10-8-28(9-11-30)21-6-7-23(31(33)34)24(17-21)29-12-14-35-15-13-29/h3-7,16-17,19H,8-15,18H2,1-2H3,(H,27,32,37). The van der Waals surface area contributed by atoms with Gasteiger partial charge < -0.3 is 24.2 Å². The highest BCUT2D eigenvalue weighted by Crippen LogP contribution is 2.33. The molecule has 2 saturated heterocycles. The molecule has 2 aliphatic rings. The van der Waals surface area contributed by atoms with Gasteiger partial charge in [-0.1, -0.05) is 19.9 Å². The Labute approximate surface area is 222 Å². The summed E-state index contributed by atoms with van der Waals surface area (Å²) in [6, 6.07) is 12.4. The molecule has 198 valence electrons.